The Morgan fingerprint density at radius 1 is 1.00 bits per heavy atom. The van der Waals surface area contributed by atoms with E-state index in [0.29, 0.717) is 17.6 Å². The van der Waals surface area contributed by atoms with Crippen molar-refractivity contribution in [3.8, 4) is 0 Å². The molecule has 1 atom stereocenters. The van der Waals surface area contributed by atoms with E-state index in [1.54, 1.807) is 0 Å². The van der Waals surface area contributed by atoms with Crippen LogP contribution in [0.1, 0.15) is 57.8 Å². The molecule has 5 aliphatic carbocycles. The zero-order valence-electron chi connectivity index (χ0n) is 11.4. The summed E-state index contributed by atoms with van der Waals surface area (Å²) in [5, 5.41) is 0. The van der Waals surface area contributed by atoms with Crippen molar-refractivity contribution in [3.05, 3.63) is 0 Å². The van der Waals surface area contributed by atoms with E-state index in [4.69, 9.17) is 10.5 Å². The quantitative estimate of drug-likeness (QED) is 0.831. The second-order valence-corrected chi connectivity index (χ2v) is 7.77. The fourth-order valence-electron chi connectivity index (χ4n) is 5.59. The van der Waals surface area contributed by atoms with Crippen molar-refractivity contribution < 1.29 is 4.74 Å². The van der Waals surface area contributed by atoms with Crippen LogP contribution in [0.15, 0.2) is 0 Å². The fourth-order valence-corrected chi connectivity index (χ4v) is 5.59. The maximum atomic E-state index is 6.57. The zero-order valence-corrected chi connectivity index (χ0v) is 11.4. The second-order valence-electron chi connectivity index (χ2n) is 7.77. The van der Waals surface area contributed by atoms with E-state index < -0.39 is 0 Å². The molecular weight excluding hydrogens is 222 g/mol. The van der Waals surface area contributed by atoms with Gasteiger partial charge in [-0.25, -0.2) is 0 Å². The van der Waals surface area contributed by atoms with Gasteiger partial charge in [0.25, 0.3) is 0 Å². The van der Waals surface area contributed by atoms with E-state index in [1.165, 1.54) is 57.8 Å². The molecule has 4 bridgehead atoms. The molecule has 102 valence electrons. The Hall–Kier alpha value is -0.0800. The van der Waals surface area contributed by atoms with Crippen LogP contribution in [-0.4, -0.2) is 18.8 Å². The van der Waals surface area contributed by atoms with Gasteiger partial charge in [0.2, 0.25) is 0 Å². The van der Waals surface area contributed by atoms with E-state index in [2.05, 4.69) is 0 Å². The molecule has 0 aromatic rings. The first kappa shape index (κ1) is 11.7. The molecule has 5 rings (SSSR count). The first-order valence-electron chi connectivity index (χ1n) is 8.11. The van der Waals surface area contributed by atoms with Crippen LogP contribution >= 0.6 is 0 Å². The van der Waals surface area contributed by atoms with Crippen LogP contribution in [0.3, 0.4) is 0 Å². The Morgan fingerprint density at radius 2 is 1.56 bits per heavy atom. The molecule has 5 aliphatic rings. The van der Waals surface area contributed by atoms with Gasteiger partial charge in [0.15, 0.2) is 0 Å². The summed E-state index contributed by atoms with van der Waals surface area (Å²) in [6.45, 7) is 0.830. The second kappa shape index (κ2) is 4.21. The third-order valence-electron chi connectivity index (χ3n) is 6.44. The van der Waals surface area contributed by atoms with Crippen molar-refractivity contribution in [3.63, 3.8) is 0 Å². The molecular formula is C16H27NO. The molecule has 18 heavy (non-hydrogen) atoms. The normalized spacial score (nSPS) is 48.2. The summed E-state index contributed by atoms with van der Waals surface area (Å²) >= 11 is 0. The van der Waals surface area contributed by atoms with E-state index in [0.717, 1.165) is 24.4 Å². The number of nitrogens with two attached hydrogens (primary N) is 1. The van der Waals surface area contributed by atoms with E-state index >= 15 is 0 Å². The minimum atomic E-state index is 0.312. The van der Waals surface area contributed by atoms with Crippen LogP contribution in [0.5, 0.6) is 0 Å². The molecule has 2 N–H and O–H groups in total. The van der Waals surface area contributed by atoms with Gasteiger partial charge in [0.1, 0.15) is 0 Å². The Balaban J connectivity index is 1.42. The van der Waals surface area contributed by atoms with E-state index in [-0.39, 0.29) is 0 Å². The van der Waals surface area contributed by atoms with Gasteiger partial charge in [0.05, 0.1) is 12.7 Å². The summed E-state index contributed by atoms with van der Waals surface area (Å²) < 4.78 is 6.00. The Labute approximate surface area is 111 Å². The Morgan fingerprint density at radius 3 is 2.00 bits per heavy atom. The number of ether oxygens (including phenoxy) is 1. The lowest BCUT2D eigenvalue weighted by Gasteiger charge is -2.59. The first-order chi connectivity index (χ1) is 8.73. The Kier molecular flexibility index (Phi) is 2.74. The van der Waals surface area contributed by atoms with Crippen LogP contribution in [0.2, 0.25) is 0 Å². The van der Waals surface area contributed by atoms with Gasteiger partial charge in [-0.1, -0.05) is 0 Å². The molecule has 2 nitrogen and oxygen atoms in total. The molecule has 0 heterocycles. The standard InChI is InChI=1S/C16H27NO/c17-15(10-18-14-2-1-3-14)16-7-11-4-12(8-16)6-13(5-11)9-16/h11-15H,1-10,17H2. The molecule has 1 unspecified atom stereocenters. The molecule has 0 aliphatic heterocycles. The van der Waals surface area contributed by atoms with Gasteiger partial charge in [-0.05, 0) is 81.0 Å². The molecule has 2 heteroatoms. The van der Waals surface area contributed by atoms with Crippen LogP contribution < -0.4 is 5.73 Å². The number of hydrogen-bond donors (Lipinski definition) is 1. The van der Waals surface area contributed by atoms with Gasteiger partial charge in [-0.3, -0.25) is 0 Å². The summed E-state index contributed by atoms with van der Waals surface area (Å²) in [5.74, 6) is 3.02. The van der Waals surface area contributed by atoms with E-state index in [1.807, 2.05) is 0 Å². The average molecular weight is 249 g/mol. The zero-order chi connectivity index (χ0) is 12.2. The third kappa shape index (κ3) is 1.84. The molecule has 5 saturated carbocycles. The summed E-state index contributed by atoms with van der Waals surface area (Å²) in [7, 11) is 0. The average Bonchev–Trinajstić information content (AvgIpc) is 2.24. The SMILES string of the molecule is NC(COC1CCC1)C12CC3CC(CC(C3)C1)C2. The van der Waals surface area contributed by atoms with Gasteiger partial charge < -0.3 is 10.5 Å². The lowest BCUT2D eigenvalue weighted by Crippen LogP contribution is -2.56. The third-order valence-corrected chi connectivity index (χ3v) is 6.44. The van der Waals surface area contributed by atoms with Crippen LogP contribution in [0.25, 0.3) is 0 Å². The van der Waals surface area contributed by atoms with Crippen LogP contribution in [0.4, 0.5) is 0 Å². The maximum absolute atomic E-state index is 6.57. The van der Waals surface area contributed by atoms with Crippen LogP contribution in [-0.2, 0) is 4.74 Å². The van der Waals surface area contributed by atoms with Crippen molar-refractivity contribution in [1.29, 1.82) is 0 Å². The molecule has 0 amide bonds. The summed E-state index contributed by atoms with van der Waals surface area (Å²) in [6.07, 6.45) is 13.2. The smallest absolute Gasteiger partial charge is 0.0626 e. The predicted molar refractivity (Wildman–Crippen MR) is 72.2 cm³/mol. The molecule has 0 saturated heterocycles. The largest absolute Gasteiger partial charge is 0.377 e. The predicted octanol–water partition coefficient (Wildman–Crippen LogP) is 3.10. The molecule has 5 fully saturated rings. The maximum Gasteiger partial charge on any atom is 0.0626 e. The minimum absolute atomic E-state index is 0.312. The van der Waals surface area contributed by atoms with Crippen molar-refractivity contribution in [2.45, 2.75) is 69.9 Å². The summed E-state index contributed by atoms with van der Waals surface area (Å²) in [5.41, 5.74) is 7.05. The molecule has 0 radical (unpaired) electrons. The number of rotatable bonds is 4. The molecule has 0 aromatic heterocycles. The van der Waals surface area contributed by atoms with Gasteiger partial charge in [-0.15, -0.1) is 0 Å². The van der Waals surface area contributed by atoms with E-state index in [9.17, 15) is 0 Å². The summed E-state index contributed by atoms with van der Waals surface area (Å²) in [4.78, 5) is 0. The molecule has 0 aromatic carbocycles. The van der Waals surface area contributed by atoms with Gasteiger partial charge in [0, 0.05) is 6.04 Å². The lowest BCUT2D eigenvalue weighted by molar-refractivity contribution is -0.0941. The lowest BCUT2D eigenvalue weighted by atomic mass is 9.48. The van der Waals surface area contributed by atoms with Crippen LogP contribution in [0, 0.1) is 23.2 Å². The fraction of sp³-hybridized carbons (Fsp3) is 1.00. The highest BCUT2D eigenvalue weighted by atomic mass is 16.5. The van der Waals surface area contributed by atoms with Crippen molar-refractivity contribution in [2.75, 3.05) is 6.61 Å². The monoisotopic (exact) mass is 249 g/mol. The molecule has 0 spiro atoms. The van der Waals surface area contributed by atoms with Crippen molar-refractivity contribution >= 4 is 0 Å². The first-order valence-corrected chi connectivity index (χ1v) is 8.11. The number of hydrogen-bond acceptors (Lipinski definition) is 2. The minimum Gasteiger partial charge on any atom is -0.377 e. The van der Waals surface area contributed by atoms with Crippen molar-refractivity contribution in [2.24, 2.45) is 28.9 Å². The van der Waals surface area contributed by atoms with Crippen molar-refractivity contribution in [1.82, 2.24) is 0 Å². The highest BCUT2D eigenvalue weighted by Crippen LogP contribution is 2.61. The Bertz CT molecular complexity index is 288. The summed E-state index contributed by atoms with van der Waals surface area (Å²) in [6, 6.07) is 0.312. The van der Waals surface area contributed by atoms with Gasteiger partial charge in [-0.2, -0.15) is 0 Å². The highest BCUT2D eigenvalue weighted by molar-refractivity contribution is 5.05. The topological polar surface area (TPSA) is 35.2 Å². The van der Waals surface area contributed by atoms with Gasteiger partial charge >= 0.3 is 0 Å². The highest BCUT2D eigenvalue weighted by Gasteiger charge is 2.53.